The third kappa shape index (κ3) is 38.0. The molecule has 0 aromatic heterocycles. The number of hydrogen-bond donors (Lipinski definition) is 12. The molecule has 19 nitrogen and oxygen atoms in total. The highest BCUT2D eigenvalue weighted by Gasteiger charge is 2.53. The predicted octanol–water partition coefficient (Wildman–Crippen LogP) is 11.3. The van der Waals surface area contributed by atoms with Crippen LogP contribution in [-0.4, -0.2) is 193 Å². The van der Waals surface area contributed by atoms with Crippen LogP contribution in [0.3, 0.4) is 0 Å². The monoisotopic (exact) mass is 1350 g/mol. The summed E-state index contributed by atoms with van der Waals surface area (Å²) in [5, 5.41) is 121. The van der Waals surface area contributed by atoms with Crippen molar-refractivity contribution in [2.24, 2.45) is 0 Å². The standard InChI is InChI=1S/C76H135NO18/c1-3-5-7-9-11-13-15-17-19-21-23-25-27-28-29-30-32-34-36-38-40-42-44-46-48-50-52-54-64(82)77-59(60(81)53-51-49-47-45-43-41-39-37-35-33-31-26-24-22-20-18-16-14-12-10-8-6-4-2)58-90-74-70(88)67(85)72(62(56-79)92-74)95-76-71(89)68(86)73(63(57-80)93-76)94-75-69(87)66(84)65(83)61(55-78)91-75/h5,7,11,13,17,19,23,25,28-29,32,34,59-63,65-76,78-81,83-89H,3-4,6,8-10,12,14-16,18,20-22,24,26-27,30-31,33,35-58H2,1-2H3,(H,77,82)/b7-5-,13-11-,19-17-,25-23-,29-28-,34-32-. The number of hydrogen-bond acceptors (Lipinski definition) is 18. The van der Waals surface area contributed by atoms with Gasteiger partial charge in [-0.05, 0) is 64.2 Å². The number of carbonyl (C=O) groups excluding carboxylic acids is 1. The van der Waals surface area contributed by atoms with Gasteiger partial charge in [-0.25, -0.2) is 0 Å². The molecule has 3 saturated heterocycles. The van der Waals surface area contributed by atoms with E-state index in [1.807, 2.05) is 0 Å². The molecule has 3 aliphatic heterocycles. The van der Waals surface area contributed by atoms with Crippen LogP contribution in [0.1, 0.15) is 271 Å². The maximum Gasteiger partial charge on any atom is 0.220 e. The molecule has 0 aromatic rings. The van der Waals surface area contributed by atoms with Gasteiger partial charge in [-0.1, -0.05) is 273 Å². The summed E-state index contributed by atoms with van der Waals surface area (Å²) in [5.74, 6) is -0.251. The highest BCUT2D eigenvalue weighted by molar-refractivity contribution is 5.76. The van der Waals surface area contributed by atoms with E-state index in [0.717, 1.165) is 96.3 Å². The minimum absolute atomic E-state index is 0.251. The van der Waals surface area contributed by atoms with Crippen LogP contribution in [-0.2, 0) is 33.2 Å². The molecule has 3 aliphatic rings. The molecule has 0 aromatic carbocycles. The van der Waals surface area contributed by atoms with Crippen molar-refractivity contribution in [3.63, 3.8) is 0 Å². The Morgan fingerprint density at radius 2 is 0.726 bits per heavy atom. The first kappa shape index (κ1) is 86.5. The highest BCUT2D eigenvalue weighted by Crippen LogP contribution is 2.33. The molecule has 17 atom stereocenters. The fourth-order valence-corrected chi connectivity index (χ4v) is 12.5. The molecule has 3 heterocycles. The van der Waals surface area contributed by atoms with Crippen molar-refractivity contribution in [1.29, 1.82) is 0 Å². The number of aliphatic hydroxyl groups excluding tert-OH is 11. The third-order valence-corrected chi connectivity index (χ3v) is 18.5. The number of ether oxygens (including phenoxy) is 6. The summed E-state index contributed by atoms with van der Waals surface area (Å²) < 4.78 is 34.5. The van der Waals surface area contributed by atoms with Gasteiger partial charge in [0.25, 0.3) is 0 Å². The molecule has 3 rings (SSSR count). The summed E-state index contributed by atoms with van der Waals surface area (Å²) in [6.07, 6.45) is 45.4. The molecule has 17 unspecified atom stereocenters. The molecule has 3 fully saturated rings. The molecule has 552 valence electrons. The van der Waals surface area contributed by atoms with Gasteiger partial charge in [0.2, 0.25) is 5.91 Å². The normalized spacial score (nSPS) is 27.6. The molecule has 0 spiro atoms. The number of nitrogens with one attached hydrogen (secondary N) is 1. The molecule has 0 radical (unpaired) electrons. The van der Waals surface area contributed by atoms with Gasteiger partial charge in [0.1, 0.15) is 73.2 Å². The van der Waals surface area contributed by atoms with E-state index in [2.05, 4.69) is 92.1 Å². The van der Waals surface area contributed by atoms with Crippen molar-refractivity contribution in [2.75, 3.05) is 26.4 Å². The molecule has 0 saturated carbocycles. The van der Waals surface area contributed by atoms with Crippen molar-refractivity contribution < 1.29 is 89.4 Å². The lowest BCUT2D eigenvalue weighted by atomic mass is 9.96. The maximum absolute atomic E-state index is 13.5. The van der Waals surface area contributed by atoms with Crippen LogP contribution in [0.2, 0.25) is 0 Å². The van der Waals surface area contributed by atoms with Crippen LogP contribution in [0.5, 0.6) is 0 Å². The van der Waals surface area contributed by atoms with Gasteiger partial charge in [0.05, 0.1) is 38.6 Å². The Morgan fingerprint density at radius 1 is 0.389 bits per heavy atom. The Kier molecular flexibility index (Phi) is 51.8. The van der Waals surface area contributed by atoms with E-state index in [9.17, 15) is 61.0 Å². The van der Waals surface area contributed by atoms with Crippen molar-refractivity contribution in [2.45, 2.75) is 375 Å². The van der Waals surface area contributed by atoms with Crippen molar-refractivity contribution >= 4 is 5.91 Å². The zero-order valence-electron chi connectivity index (χ0n) is 58.6. The Morgan fingerprint density at radius 3 is 1.14 bits per heavy atom. The summed E-state index contributed by atoms with van der Waals surface area (Å²) in [7, 11) is 0. The summed E-state index contributed by atoms with van der Waals surface area (Å²) in [6, 6.07) is -0.898. The van der Waals surface area contributed by atoms with Crippen LogP contribution >= 0.6 is 0 Å². The fourth-order valence-electron chi connectivity index (χ4n) is 12.5. The molecular formula is C76H135NO18. The number of carbonyl (C=O) groups is 1. The quantitative estimate of drug-likeness (QED) is 0.0199. The molecule has 12 N–H and O–H groups in total. The second-order valence-corrected chi connectivity index (χ2v) is 26.7. The van der Waals surface area contributed by atoms with Crippen molar-refractivity contribution in [1.82, 2.24) is 5.32 Å². The highest BCUT2D eigenvalue weighted by atomic mass is 16.8. The Bertz CT molecular complexity index is 2000. The molecule has 1 amide bonds. The number of unbranched alkanes of at least 4 members (excludes halogenated alkanes) is 30. The summed E-state index contributed by atoms with van der Waals surface area (Å²) in [4.78, 5) is 13.5. The summed E-state index contributed by atoms with van der Waals surface area (Å²) in [6.45, 7) is 1.70. The largest absolute Gasteiger partial charge is 0.394 e. The van der Waals surface area contributed by atoms with Gasteiger partial charge in [-0.15, -0.1) is 0 Å². The van der Waals surface area contributed by atoms with Crippen LogP contribution < -0.4 is 5.32 Å². The molecule has 0 aliphatic carbocycles. The first-order valence-electron chi connectivity index (χ1n) is 37.7. The van der Waals surface area contributed by atoms with Gasteiger partial charge < -0.3 is 89.9 Å². The summed E-state index contributed by atoms with van der Waals surface area (Å²) in [5.41, 5.74) is 0. The van der Waals surface area contributed by atoms with Crippen molar-refractivity contribution in [3.8, 4) is 0 Å². The first-order chi connectivity index (χ1) is 46.3. The molecule has 0 bridgehead atoms. The van der Waals surface area contributed by atoms with Gasteiger partial charge >= 0.3 is 0 Å². The average molecular weight is 1350 g/mol. The van der Waals surface area contributed by atoms with E-state index in [0.29, 0.717) is 12.8 Å². The lowest BCUT2D eigenvalue weighted by Gasteiger charge is -2.48. The third-order valence-electron chi connectivity index (χ3n) is 18.5. The smallest absolute Gasteiger partial charge is 0.220 e. The lowest BCUT2D eigenvalue weighted by Crippen LogP contribution is -2.66. The van der Waals surface area contributed by atoms with Crippen LogP contribution in [0.4, 0.5) is 0 Å². The summed E-state index contributed by atoms with van der Waals surface area (Å²) >= 11 is 0. The number of amides is 1. The van der Waals surface area contributed by atoms with Crippen LogP contribution in [0.25, 0.3) is 0 Å². The van der Waals surface area contributed by atoms with E-state index in [1.54, 1.807) is 0 Å². The zero-order chi connectivity index (χ0) is 68.9. The van der Waals surface area contributed by atoms with Crippen LogP contribution in [0, 0.1) is 0 Å². The van der Waals surface area contributed by atoms with E-state index < -0.39 is 124 Å². The molecule has 95 heavy (non-hydrogen) atoms. The minimum Gasteiger partial charge on any atom is -0.394 e. The van der Waals surface area contributed by atoms with E-state index in [1.165, 1.54) is 141 Å². The number of rotatable bonds is 58. The van der Waals surface area contributed by atoms with Gasteiger partial charge in [0.15, 0.2) is 18.9 Å². The number of allylic oxidation sites excluding steroid dienone is 12. The topological polar surface area (TPSA) is 307 Å². The predicted molar refractivity (Wildman–Crippen MR) is 374 cm³/mol. The van der Waals surface area contributed by atoms with Gasteiger partial charge in [-0.3, -0.25) is 4.79 Å². The van der Waals surface area contributed by atoms with E-state index in [4.69, 9.17) is 28.4 Å². The van der Waals surface area contributed by atoms with Crippen LogP contribution in [0.15, 0.2) is 72.9 Å². The Balaban J connectivity index is 1.41. The van der Waals surface area contributed by atoms with E-state index >= 15 is 0 Å². The number of aliphatic hydroxyl groups is 11. The lowest BCUT2D eigenvalue weighted by molar-refractivity contribution is -0.379. The zero-order valence-corrected chi connectivity index (χ0v) is 58.6. The first-order valence-corrected chi connectivity index (χ1v) is 37.7. The second kappa shape index (κ2) is 56.9. The minimum atomic E-state index is -1.98. The fraction of sp³-hybridized carbons (Fsp3) is 0.829. The Hall–Kier alpha value is -2.77. The molecule has 19 heteroatoms. The SMILES string of the molecule is CC/C=C\C/C=C\C/C=C\C/C=C\C/C=C\C/C=C\CCCCCCCCCCC(=O)NC(COC1OC(CO)C(OC2OC(CO)C(OC3OC(CO)C(O)C(O)C3O)C(O)C2O)C(O)C1O)C(O)CCCCCCCCCCCCCCCCCCCCCCCCC. The maximum atomic E-state index is 13.5. The average Bonchev–Trinajstić information content (AvgIpc) is 0.787. The molecular weight excluding hydrogens is 1210 g/mol. The van der Waals surface area contributed by atoms with E-state index in [-0.39, 0.29) is 18.9 Å². The van der Waals surface area contributed by atoms with Gasteiger partial charge in [0, 0.05) is 6.42 Å². The van der Waals surface area contributed by atoms with Gasteiger partial charge in [-0.2, -0.15) is 0 Å². The Labute approximate surface area is 572 Å². The van der Waals surface area contributed by atoms with Crippen molar-refractivity contribution in [3.05, 3.63) is 72.9 Å². The second-order valence-electron chi connectivity index (χ2n) is 26.7.